The highest BCUT2D eigenvalue weighted by molar-refractivity contribution is 5.67. The van der Waals surface area contributed by atoms with Gasteiger partial charge in [-0.15, -0.1) is 0 Å². The standard InChI is InChI=1S/C21H27NO3/c1-16(2)20-11-9-18(10-12-20)14-22(13-17(3)23)21(24)25-15-19-7-5-4-6-8-19/h4-12,16-17,23H,13-15H2,1-3H3. The van der Waals surface area contributed by atoms with E-state index in [4.69, 9.17) is 4.74 Å². The monoisotopic (exact) mass is 341 g/mol. The van der Waals surface area contributed by atoms with Crippen LogP contribution in [0.1, 0.15) is 43.4 Å². The lowest BCUT2D eigenvalue weighted by Crippen LogP contribution is -2.36. The highest BCUT2D eigenvalue weighted by Crippen LogP contribution is 2.16. The van der Waals surface area contributed by atoms with E-state index in [2.05, 4.69) is 26.0 Å². The first kappa shape index (κ1) is 19.0. The van der Waals surface area contributed by atoms with Crippen molar-refractivity contribution >= 4 is 6.09 Å². The Balaban J connectivity index is 2.00. The minimum atomic E-state index is -0.612. The number of rotatable bonds is 7. The molecular formula is C21H27NO3. The maximum Gasteiger partial charge on any atom is 0.410 e. The fourth-order valence-electron chi connectivity index (χ4n) is 2.56. The second-order valence-electron chi connectivity index (χ2n) is 6.67. The third-order valence-corrected chi connectivity index (χ3v) is 3.97. The van der Waals surface area contributed by atoms with Crippen molar-refractivity contribution in [1.29, 1.82) is 0 Å². The van der Waals surface area contributed by atoms with Crippen LogP contribution in [0.25, 0.3) is 0 Å². The lowest BCUT2D eigenvalue weighted by atomic mass is 10.0. The largest absolute Gasteiger partial charge is 0.445 e. The van der Waals surface area contributed by atoms with Gasteiger partial charge < -0.3 is 14.7 Å². The third kappa shape index (κ3) is 6.24. The molecule has 0 fully saturated rings. The molecule has 0 aliphatic rings. The normalized spacial score (nSPS) is 12.0. The summed E-state index contributed by atoms with van der Waals surface area (Å²) in [4.78, 5) is 14.0. The minimum Gasteiger partial charge on any atom is -0.445 e. The molecular weight excluding hydrogens is 314 g/mol. The van der Waals surface area contributed by atoms with Gasteiger partial charge in [0.2, 0.25) is 0 Å². The maximum absolute atomic E-state index is 12.4. The van der Waals surface area contributed by atoms with Crippen molar-refractivity contribution in [2.75, 3.05) is 6.54 Å². The Morgan fingerprint density at radius 3 is 2.20 bits per heavy atom. The lowest BCUT2D eigenvalue weighted by molar-refractivity contribution is 0.0705. The van der Waals surface area contributed by atoms with Gasteiger partial charge >= 0.3 is 6.09 Å². The topological polar surface area (TPSA) is 49.8 Å². The Labute approximate surface area is 150 Å². The molecule has 0 radical (unpaired) electrons. The predicted molar refractivity (Wildman–Crippen MR) is 99.2 cm³/mol. The quantitative estimate of drug-likeness (QED) is 0.815. The molecule has 2 aromatic rings. The number of benzene rings is 2. The fourth-order valence-corrected chi connectivity index (χ4v) is 2.56. The SMILES string of the molecule is CC(O)CN(Cc1ccc(C(C)C)cc1)C(=O)OCc1ccccc1. The van der Waals surface area contributed by atoms with Crippen molar-refractivity contribution in [1.82, 2.24) is 4.90 Å². The van der Waals surface area contributed by atoms with E-state index in [-0.39, 0.29) is 13.2 Å². The van der Waals surface area contributed by atoms with Gasteiger partial charge in [0.1, 0.15) is 6.61 Å². The summed E-state index contributed by atoms with van der Waals surface area (Å²) in [5, 5.41) is 9.70. The highest BCUT2D eigenvalue weighted by atomic mass is 16.6. The number of carbonyl (C=O) groups is 1. The molecule has 0 spiro atoms. The molecule has 0 saturated carbocycles. The van der Waals surface area contributed by atoms with Gasteiger partial charge in [0.05, 0.1) is 12.6 Å². The van der Waals surface area contributed by atoms with Crippen molar-refractivity contribution in [3.63, 3.8) is 0 Å². The number of ether oxygens (including phenoxy) is 1. The number of nitrogens with zero attached hydrogens (tertiary/aromatic N) is 1. The Morgan fingerprint density at radius 1 is 1.00 bits per heavy atom. The van der Waals surface area contributed by atoms with Crippen molar-refractivity contribution in [2.24, 2.45) is 0 Å². The van der Waals surface area contributed by atoms with Crippen molar-refractivity contribution in [2.45, 2.75) is 45.9 Å². The van der Waals surface area contributed by atoms with E-state index in [0.29, 0.717) is 12.5 Å². The summed E-state index contributed by atoms with van der Waals surface area (Å²) in [6.07, 6.45) is -1.03. The van der Waals surface area contributed by atoms with Gasteiger partial charge in [-0.2, -0.15) is 0 Å². The van der Waals surface area contributed by atoms with Gasteiger partial charge in [-0.05, 0) is 29.5 Å². The summed E-state index contributed by atoms with van der Waals surface area (Å²) in [6.45, 7) is 6.84. The summed E-state index contributed by atoms with van der Waals surface area (Å²) in [7, 11) is 0. The molecule has 25 heavy (non-hydrogen) atoms. The van der Waals surface area contributed by atoms with Gasteiger partial charge in [-0.3, -0.25) is 0 Å². The first-order valence-corrected chi connectivity index (χ1v) is 8.68. The molecule has 0 aliphatic carbocycles. The molecule has 4 nitrogen and oxygen atoms in total. The molecule has 2 rings (SSSR count). The van der Waals surface area contributed by atoms with Crippen LogP contribution in [0, 0.1) is 0 Å². The van der Waals surface area contributed by atoms with E-state index in [9.17, 15) is 9.90 Å². The van der Waals surface area contributed by atoms with Crippen LogP contribution in [0.15, 0.2) is 54.6 Å². The fraction of sp³-hybridized carbons (Fsp3) is 0.381. The number of aliphatic hydroxyl groups excluding tert-OH is 1. The van der Waals surface area contributed by atoms with Gasteiger partial charge in [-0.1, -0.05) is 68.4 Å². The minimum absolute atomic E-state index is 0.224. The van der Waals surface area contributed by atoms with Gasteiger partial charge in [0.25, 0.3) is 0 Å². The van der Waals surface area contributed by atoms with Crippen molar-refractivity contribution < 1.29 is 14.6 Å². The number of aliphatic hydroxyl groups is 1. The second kappa shape index (κ2) is 9.23. The molecule has 4 heteroatoms. The molecule has 0 heterocycles. The number of carbonyl (C=O) groups excluding carboxylic acids is 1. The summed E-state index contributed by atoms with van der Waals surface area (Å²) in [5.41, 5.74) is 3.22. The molecule has 0 bridgehead atoms. The summed E-state index contributed by atoms with van der Waals surface area (Å²) in [6, 6.07) is 17.8. The molecule has 0 saturated heterocycles. The first-order valence-electron chi connectivity index (χ1n) is 8.68. The van der Waals surface area contributed by atoms with Crippen LogP contribution in [0.2, 0.25) is 0 Å². The average Bonchev–Trinajstić information content (AvgIpc) is 2.60. The smallest absolute Gasteiger partial charge is 0.410 e. The maximum atomic E-state index is 12.4. The second-order valence-corrected chi connectivity index (χ2v) is 6.67. The van der Waals surface area contributed by atoms with Gasteiger partial charge in [0.15, 0.2) is 0 Å². The van der Waals surface area contributed by atoms with Gasteiger partial charge in [-0.25, -0.2) is 4.79 Å². The summed E-state index contributed by atoms with van der Waals surface area (Å²) >= 11 is 0. The molecule has 0 aliphatic heterocycles. The number of amides is 1. The van der Waals surface area contributed by atoms with Crippen LogP contribution in [0.4, 0.5) is 4.79 Å². The van der Waals surface area contributed by atoms with E-state index in [0.717, 1.165) is 11.1 Å². The highest BCUT2D eigenvalue weighted by Gasteiger charge is 2.18. The zero-order valence-corrected chi connectivity index (χ0v) is 15.2. The van der Waals surface area contributed by atoms with E-state index in [1.807, 2.05) is 42.5 Å². The molecule has 134 valence electrons. The molecule has 1 unspecified atom stereocenters. The van der Waals surface area contributed by atoms with Crippen LogP contribution in [-0.4, -0.2) is 28.7 Å². The van der Waals surface area contributed by atoms with Crippen LogP contribution >= 0.6 is 0 Å². The Morgan fingerprint density at radius 2 is 1.64 bits per heavy atom. The third-order valence-electron chi connectivity index (χ3n) is 3.97. The van der Waals surface area contributed by atoms with E-state index < -0.39 is 12.2 Å². The number of hydrogen-bond donors (Lipinski definition) is 1. The van der Waals surface area contributed by atoms with Crippen LogP contribution in [0.5, 0.6) is 0 Å². The summed E-state index contributed by atoms with van der Waals surface area (Å²) in [5.74, 6) is 0.471. The Bertz CT molecular complexity index is 651. The predicted octanol–water partition coefficient (Wildman–Crippen LogP) is 4.33. The Kier molecular flexibility index (Phi) is 7.02. The van der Waals surface area contributed by atoms with Crippen LogP contribution in [0.3, 0.4) is 0 Å². The average molecular weight is 341 g/mol. The van der Waals surface area contributed by atoms with Crippen LogP contribution < -0.4 is 0 Å². The molecule has 1 amide bonds. The molecule has 0 aromatic heterocycles. The molecule has 2 aromatic carbocycles. The van der Waals surface area contributed by atoms with Gasteiger partial charge in [0, 0.05) is 6.54 Å². The lowest BCUT2D eigenvalue weighted by Gasteiger charge is -2.24. The van der Waals surface area contributed by atoms with E-state index in [1.165, 1.54) is 10.5 Å². The zero-order chi connectivity index (χ0) is 18.2. The van der Waals surface area contributed by atoms with E-state index >= 15 is 0 Å². The van der Waals surface area contributed by atoms with Crippen molar-refractivity contribution in [3.05, 3.63) is 71.3 Å². The number of hydrogen-bond acceptors (Lipinski definition) is 3. The van der Waals surface area contributed by atoms with Crippen molar-refractivity contribution in [3.8, 4) is 0 Å². The zero-order valence-electron chi connectivity index (χ0n) is 15.2. The van der Waals surface area contributed by atoms with E-state index in [1.54, 1.807) is 6.92 Å². The molecule has 1 N–H and O–H groups in total. The van der Waals surface area contributed by atoms with Crippen LogP contribution in [-0.2, 0) is 17.9 Å². The first-order chi connectivity index (χ1) is 12.0. The Hall–Kier alpha value is -2.33. The molecule has 1 atom stereocenters. The summed E-state index contributed by atoms with van der Waals surface area (Å²) < 4.78 is 5.40.